The molecule has 0 spiro atoms. The van der Waals surface area contributed by atoms with Crippen molar-refractivity contribution >= 4 is 0 Å². The molecule has 0 atom stereocenters. The highest BCUT2D eigenvalue weighted by Crippen LogP contribution is 2.31. The lowest BCUT2D eigenvalue weighted by atomic mass is 10.0. The third kappa shape index (κ3) is 1.81. The predicted octanol–water partition coefficient (Wildman–Crippen LogP) is 2.90. The second kappa shape index (κ2) is 3.69. The molecule has 1 aromatic heterocycles. The van der Waals surface area contributed by atoms with Crippen molar-refractivity contribution in [1.29, 1.82) is 0 Å². The molecule has 1 aromatic carbocycles. The maximum absolute atomic E-state index is 13.4. The maximum atomic E-state index is 13.4. The van der Waals surface area contributed by atoms with E-state index < -0.39 is 5.82 Å². The van der Waals surface area contributed by atoms with E-state index in [0.717, 1.165) is 11.8 Å². The van der Waals surface area contributed by atoms with Gasteiger partial charge >= 0.3 is 0 Å². The van der Waals surface area contributed by atoms with Crippen molar-refractivity contribution in [3.8, 4) is 16.9 Å². The van der Waals surface area contributed by atoms with Gasteiger partial charge in [-0.25, -0.2) is 4.39 Å². The van der Waals surface area contributed by atoms with Gasteiger partial charge in [-0.05, 0) is 25.1 Å². The maximum Gasteiger partial charge on any atom is 0.149 e. The van der Waals surface area contributed by atoms with E-state index in [4.69, 9.17) is 0 Å². The van der Waals surface area contributed by atoms with Crippen molar-refractivity contribution in [1.82, 2.24) is 4.98 Å². The average molecular weight is 203 g/mol. The number of pyridine rings is 1. The van der Waals surface area contributed by atoms with Crippen LogP contribution in [0.2, 0.25) is 0 Å². The first-order chi connectivity index (χ1) is 7.18. The minimum absolute atomic E-state index is 0.0747. The number of aryl methyl sites for hydroxylation is 1. The first-order valence-corrected chi connectivity index (χ1v) is 4.58. The van der Waals surface area contributed by atoms with Crippen LogP contribution in [0.15, 0.2) is 36.7 Å². The van der Waals surface area contributed by atoms with Crippen LogP contribution < -0.4 is 0 Å². The number of aromatic nitrogens is 1. The minimum atomic E-state index is -0.432. The minimum Gasteiger partial charge on any atom is -0.507 e. The highest BCUT2D eigenvalue weighted by Gasteiger charge is 2.08. The number of hydrogen-bond donors (Lipinski definition) is 1. The van der Waals surface area contributed by atoms with Gasteiger partial charge < -0.3 is 5.11 Å². The molecule has 0 bridgehead atoms. The average Bonchev–Trinajstić information content (AvgIpc) is 2.23. The van der Waals surface area contributed by atoms with Crippen molar-refractivity contribution < 1.29 is 9.50 Å². The normalized spacial score (nSPS) is 10.3. The van der Waals surface area contributed by atoms with Crippen LogP contribution in [0.1, 0.15) is 5.56 Å². The van der Waals surface area contributed by atoms with Gasteiger partial charge in [0.05, 0.1) is 6.20 Å². The highest BCUT2D eigenvalue weighted by molar-refractivity contribution is 5.70. The van der Waals surface area contributed by atoms with Crippen molar-refractivity contribution in [2.75, 3.05) is 0 Å². The number of benzene rings is 1. The molecule has 0 saturated carbocycles. The fourth-order valence-corrected chi connectivity index (χ4v) is 1.46. The van der Waals surface area contributed by atoms with Gasteiger partial charge in [0.1, 0.15) is 11.6 Å². The zero-order valence-electron chi connectivity index (χ0n) is 8.24. The Bertz CT molecular complexity index is 497. The second-order valence-corrected chi connectivity index (χ2v) is 3.38. The zero-order chi connectivity index (χ0) is 10.8. The summed E-state index contributed by atoms with van der Waals surface area (Å²) < 4.78 is 13.4. The summed E-state index contributed by atoms with van der Waals surface area (Å²) in [5, 5.41) is 9.63. The molecule has 2 nitrogen and oxygen atoms in total. The molecule has 0 aliphatic rings. The van der Waals surface area contributed by atoms with Gasteiger partial charge in [-0.1, -0.05) is 11.6 Å². The first kappa shape index (κ1) is 9.65. The molecule has 0 fully saturated rings. The van der Waals surface area contributed by atoms with Gasteiger partial charge in [-0.3, -0.25) is 4.98 Å². The summed E-state index contributed by atoms with van der Waals surface area (Å²) in [6, 6.07) is 6.63. The summed E-state index contributed by atoms with van der Waals surface area (Å²) in [7, 11) is 0. The van der Waals surface area contributed by atoms with Crippen LogP contribution in [0.25, 0.3) is 11.1 Å². The zero-order valence-corrected chi connectivity index (χ0v) is 8.24. The second-order valence-electron chi connectivity index (χ2n) is 3.38. The summed E-state index contributed by atoms with van der Waals surface area (Å²) in [6.07, 6.45) is 2.64. The van der Waals surface area contributed by atoms with Gasteiger partial charge in [0.2, 0.25) is 0 Å². The Morgan fingerprint density at radius 1 is 1.20 bits per heavy atom. The number of aromatic hydroxyl groups is 1. The van der Waals surface area contributed by atoms with Crippen molar-refractivity contribution in [3.05, 3.63) is 48.0 Å². The summed E-state index contributed by atoms with van der Waals surface area (Å²) in [4.78, 5) is 3.67. The van der Waals surface area contributed by atoms with E-state index in [0.29, 0.717) is 11.1 Å². The Kier molecular flexibility index (Phi) is 2.37. The van der Waals surface area contributed by atoms with Gasteiger partial charge in [0.15, 0.2) is 0 Å². The van der Waals surface area contributed by atoms with Crippen LogP contribution >= 0.6 is 0 Å². The van der Waals surface area contributed by atoms with Crippen LogP contribution in [0.4, 0.5) is 4.39 Å². The number of nitrogens with zero attached hydrogens (tertiary/aromatic N) is 1. The molecular formula is C12H10FNO. The summed E-state index contributed by atoms with van der Waals surface area (Å²) in [6.45, 7) is 1.89. The smallest absolute Gasteiger partial charge is 0.149 e. The molecular weight excluding hydrogens is 193 g/mol. The SMILES string of the molecule is Cc1ccc(O)c(-c2ccncc2F)c1. The first-order valence-electron chi connectivity index (χ1n) is 4.58. The van der Waals surface area contributed by atoms with Crippen molar-refractivity contribution in [3.63, 3.8) is 0 Å². The highest BCUT2D eigenvalue weighted by atomic mass is 19.1. The standard InChI is InChI=1S/C12H10FNO/c1-8-2-3-12(15)10(6-8)9-4-5-14-7-11(9)13/h2-7,15H,1H3. The van der Waals surface area contributed by atoms with Gasteiger partial charge in [-0.2, -0.15) is 0 Å². The van der Waals surface area contributed by atoms with E-state index in [1.807, 2.05) is 6.92 Å². The Morgan fingerprint density at radius 2 is 2.00 bits per heavy atom. The molecule has 0 saturated heterocycles. The molecule has 1 heterocycles. The fraction of sp³-hybridized carbons (Fsp3) is 0.0833. The van der Waals surface area contributed by atoms with E-state index in [1.165, 1.54) is 6.20 Å². The van der Waals surface area contributed by atoms with Crippen LogP contribution in [-0.2, 0) is 0 Å². The number of rotatable bonds is 1. The predicted molar refractivity (Wildman–Crippen MR) is 56.0 cm³/mol. The van der Waals surface area contributed by atoms with E-state index in [-0.39, 0.29) is 5.75 Å². The van der Waals surface area contributed by atoms with Gasteiger partial charge in [0.25, 0.3) is 0 Å². The third-order valence-electron chi connectivity index (χ3n) is 2.21. The lowest BCUT2D eigenvalue weighted by molar-refractivity contribution is 0.476. The number of phenolic OH excluding ortho intramolecular Hbond substituents is 1. The summed E-state index contributed by atoms with van der Waals surface area (Å²) in [5.74, 6) is -0.357. The number of halogens is 1. The Balaban J connectivity index is 2.64. The fourth-order valence-electron chi connectivity index (χ4n) is 1.46. The molecule has 0 radical (unpaired) electrons. The van der Waals surface area contributed by atoms with E-state index in [2.05, 4.69) is 4.98 Å². The van der Waals surface area contributed by atoms with E-state index >= 15 is 0 Å². The van der Waals surface area contributed by atoms with Crippen LogP contribution in [0.5, 0.6) is 5.75 Å². The van der Waals surface area contributed by atoms with Crippen LogP contribution in [0, 0.1) is 12.7 Å². The Labute approximate surface area is 87.0 Å². The summed E-state index contributed by atoms with van der Waals surface area (Å²) in [5.41, 5.74) is 1.83. The molecule has 2 aromatic rings. The lowest BCUT2D eigenvalue weighted by Crippen LogP contribution is -1.87. The van der Waals surface area contributed by atoms with E-state index in [9.17, 15) is 9.50 Å². The molecule has 1 N–H and O–H groups in total. The molecule has 0 unspecified atom stereocenters. The van der Waals surface area contributed by atoms with Crippen molar-refractivity contribution in [2.24, 2.45) is 0 Å². The lowest BCUT2D eigenvalue weighted by Gasteiger charge is -2.06. The molecule has 0 aliphatic carbocycles. The quantitative estimate of drug-likeness (QED) is 0.773. The summed E-state index contributed by atoms with van der Waals surface area (Å²) >= 11 is 0. The molecule has 3 heteroatoms. The molecule has 15 heavy (non-hydrogen) atoms. The molecule has 76 valence electrons. The Morgan fingerprint density at radius 3 is 2.73 bits per heavy atom. The van der Waals surface area contributed by atoms with E-state index in [1.54, 1.807) is 24.3 Å². The largest absolute Gasteiger partial charge is 0.507 e. The van der Waals surface area contributed by atoms with Crippen molar-refractivity contribution in [2.45, 2.75) is 6.92 Å². The van der Waals surface area contributed by atoms with Crippen LogP contribution in [0.3, 0.4) is 0 Å². The number of hydrogen-bond acceptors (Lipinski definition) is 2. The number of phenols is 1. The Hall–Kier alpha value is -1.90. The molecule has 0 aliphatic heterocycles. The molecule has 0 amide bonds. The topological polar surface area (TPSA) is 33.1 Å². The third-order valence-corrected chi connectivity index (χ3v) is 2.21. The van der Waals surface area contributed by atoms with Gasteiger partial charge in [-0.15, -0.1) is 0 Å². The van der Waals surface area contributed by atoms with Crippen LogP contribution in [-0.4, -0.2) is 10.1 Å². The monoisotopic (exact) mass is 203 g/mol. The van der Waals surface area contributed by atoms with Gasteiger partial charge in [0, 0.05) is 17.3 Å². The molecule has 2 rings (SSSR count).